The van der Waals surface area contributed by atoms with Gasteiger partial charge < -0.3 is 19.9 Å². The van der Waals surface area contributed by atoms with Gasteiger partial charge in [0.05, 0.1) is 17.2 Å². The van der Waals surface area contributed by atoms with Crippen LogP contribution in [0.4, 0.5) is 0 Å². The van der Waals surface area contributed by atoms with E-state index in [9.17, 15) is 4.79 Å². The fraction of sp³-hybridized carbons (Fsp3) is 0.208. The molecular weight excluding hydrogens is 473 g/mol. The standard InChI is InChI=1S/C24H22Cl3NO4/c1-2-31-22-11-16(13-28-12-15-6-8-17(9-7-15)24(29)30)10-21(27)23(22)32-14-18-19(25)4-3-5-20(18)26/h3-11,28H,2,12-14H2,1H3,(H,29,30). The molecule has 3 aromatic rings. The maximum absolute atomic E-state index is 11.0. The number of benzene rings is 3. The molecule has 0 aromatic heterocycles. The summed E-state index contributed by atoms with van der Waals surface area (Å²) in [5.41, 5.74) is 2.83. The van der Waals surface area contributed by atoms with Crippen molar-refractivity contribution in [2.24, 2.45) is 0 Å². The Hall–Kier alpha value is -2.44. The van der Waals surface area contributed by atoms with Gasteiger partial charge in [-0.2, -0.15) is 0 Å². The summed E-state index contributed by atoms with van der Waals surface area (Å²) < 4.78 is 11.7. The molecule has 3 rings (SSSR count). The zero-order valence-electron chi connectivity index (χ0n) is 17.3. The Morgan fingerprint density at radius 1 is 0.906 bits per heavy atom. The van der Waals surface area contributed by atoms with Crippen LogP contribution in [0.5, 0.6) is 11.5 Å². The normalized spacial score (nSPS) is 10.8. The van der Waals surface area contributed by atoms with Crippen molar-refractivity contribution in [2.75, 3.05) is 6.61 Å². The molecule has 0 spiro atoms. The molecule has 0 amide bonds. The van der Waals surface area contributed by atoms with Crippen molar-refractivity contribution in [3.63, 3.8) is 0 Å². The Balaban J connectivity index is 1.68. The maximum atomic E-state index is 11.0. The predicted molar refractivity (Wildman–Crippen MR) is 127 cm³/mol. The van der Waals surface area contributed by atoms with Crippen LogP contribution < -0.4 is 14.8 Å². The Kier molecular flexibility index (Phi) is 8.65. The molecule has 0 aliphatic rings. The van der Waals surface area contributed by atoms with E-state index < -0.39 is 5.97 Å². The third-order valence-electron chi connectivity index (χ3n) is 4.65. The van der Waals surface area contributed by atoms with Crippen molar-refractivity contribution >= 4 is 40.8 Å². The summed E-state index contributed by atoms with van der Waals surface area (Å²) >= 11 is 19.0. The predicted octanol–water partition coefficient (Wildman–Crippen LogP) is 6.61. The molecule has 168 valence electrons. The minimum atomic E-state index is -0.943. The van der Waals surface area contributed by atoms with Crippen LogP contribution in [0.3, 0.4) is 0 Å². The highest BCUT2D eigenvalue weighted by Crippen LogP contribution is 2.38. The second kappa shape index (κ2) is 11.4. The average Bonchev–Trinajstić information content (AvgIpc) is 2.75. The van der Waals surface area contributed by atoms with Crippen molar-refractivity contribution < 1.29 is 19.4 Å². The van der Waals surface area contributed by atoms with Gasteiger partial charge in [-0.1, -0.05) is 53.0 Å². The Morgan fingerprint density at radius 3 is 2.19 bits per heavy atom. The number of nitrogens with one attached hydrogen (secondary N) is 1. The Labute approximate surface area is 201 Å². The summed E-state index contributed by atoms with van der Waals surface area (Å²) in [5.74, 6) is 0.0185. The van der Waals surface area contributed by atoms with E-state index in [1.165, 1.54) is 0 Å². The van der Waals surface area contributed by atoms with E-state index in [1.54, 1.807) is 42.5 Å². The van der Waals surface area contributed by atoms with Gasteiger partial charge >= 0.3 is 5.97 Å². The smallest absolute Gasteiger partial charge is 0.335 e. The van der Waals surface area contributed by atoms with Gasteiger partial charge in [-0.3, -0.25) is 0 Å². The van der Waals surface area contributed by atoms with Crippen molar-refractivity contribution in [3.05, 3.63) is 91.9 Å². The number of hydrogen-bond donors (Lipinski definition) is 2. The van der Waals surface area contributed by atoms with Crippen LogP contribution in [0.25, 0.3) is 0 Å². The molecule has 0 radical (unpaired) electrons. The fourth-order valence-corrected chi connectivity index (χ4v) is 3.85. The van der Waals surface area contributed by atoms with E-state index >= 15 is 0 Å². The molecule has 0 saturated carbocycles. The summed E-state index contributed by atoms with van der Waals surface area (Å²) in [6.45, 7) is 3.60. The molecule has 2 N–H and O–H groups in total. The molecule has 0 heterocycles. The third-order valence-corrected chi connectivity index (χ3v) is 5.64. The first-order valence-electron chi connectivity index (χ1n) is 9.93. The van der Waals surface area contributed by atoms with Crippen LogP contribution in [-0.4, -0.2) is 17.7 Å². The molecule has 0 saturated heterocycles. The van der Waals surface area contributed by atoms with E-state index in [-0.39, 0.29) is 12.2 Å². The summed E-state index contributed by atoms with van der Waals surface area (Å²) in [6.07, 6.45) is 0. The lowest BCUT2D eigenvalue weighted by Crippen LogP contribution is -2.13. The highest BCUT2D eigenvalue weighted by molar-refractivity contribution is 6.36. The lowest BCUT2D eigenvalue weighted by atomic mass is 10.1. The number of halogens is 3. The van der Waals surface area contributed by atoms with Crippen LogP contribution >= 0.6 is 34.8 Å². The Bertz CT molecular complexity index is 1070. The zero-order valence-corrected chi connectivity index (χ0v) is 19.6. The number of ether oxygens (including phenoxy) is 2. The molecule has 0 unspecified atom stereocenters. The molecular formula is C24H22Cl3NO4. The van der Waals surface area contributed by atoms with Crippen LogP contribution in [-0.2, 0) is 19.7 Å². The average molecular weight is 495 g/mol. The van der Waals surface area contributed by atoms with Gasteiger partial charge in [-0.05, 0) is 54.4 Å². The van der Waals surface area contributed by atoms with E-state index in [4.69, 9.17) is 49.4 Å². The number of carbonyl (C=O) groups is 1. The topological polar surface area (TPSA) is 67.8 Å². The lowest BCUT2D eigenvalue weighted by Gasteiger charge is -2.16. The maximum Gasteiger partial charge on any atom is 0.335 e. The first-order valence-corrected chi connectivity index (χ1v) is 11.1. The highest BCUT2D eigenvalue weighted by Gasteiger charge is 2.15. The molecule has 0 fully saturated rings. The van der Waals surface area contributed by atoms with Crippen LogP contribution in [0.1, 0.15) is 34.0 Å². The van der Waals surface area contributed by atoms with Gasteiger partial charge in [-0.15, -0.1) is 0 Å². The largest absolute Gasteiger partial charge is 0.490 e. The highest BCUT2D eigenvalue weighted by atomic mass is 35.5. The van der Waals surface area contributed by atoms with Crippen molar-refractivity contribution in [1.82, 2.24) is 5.32 Å². The monoisotopic (exact) mass is 493 g/mol. The van der Waals surface area contributed by atoms with Crippen molar-refractivity contribution in [2.45, 2.75) is 26.6 Å². The van der Waals surface area contributed by atoms with Gasteiger partial charge in [-0.25, -0.2) is 4.79 Å². The summed E-state index contributed by atoms with van der Waals surface area (Å²) in [6, 6.07) is 15.7. The molecule has 32 heavy (non-hydrogen) atoms. The quantitative estimate of drug-likeness (QED) is 0.332. The van der Waals surface area contributed by atoms with E-state index in [0.717, 1.165) is 11.1 Å². The Morgan fingerprint density at radius 2 is 1.56 bits per heavy atom. The van der Waals surface area contributed by atoms with Crippen molar-refractivity contribution in [1.29, 1.82) is 0 Å². The number of aromatic carboxylic acids is 1. The zero-order chi connectivity index (χ0) is 23.1. The minimum Gasteiger partial charge on any atom is -0.490 e. The molecule has 8 heteroatoms. The van der Waals surface area contributed by atoms with Crippen LogP contribution in [0.2, 0.25) is 15.1 Å². The summed E-state index contributed by atoms with van der Waals surface area (Å²) in [4.78, 5) is 11.0. The lowest BCUT2D eigenvalue weighted by molar-refractivity contribution is 0.0697. The summed E-state index contributed by atoms with van der Waals surface area (Å²) in [5, 5.41) is 13.8. The molecule has 0 bridgehead atoms. The second-order valence-corrected chi connectivity index (χ2v) is 8.15. The molecule has 0 aliphatic carbocycles. The fourth-order valence-electron chi connectivity index (χ4n) is 3.06. The molecule has 0 aliphatic heterocycles. The number of hydrogen-bond acceptors (Lipinski definition) is 4. The van der Waals surface area contributed by atoms with Gasteiger partial charge in [0.1, 0.15) is 6.61 Å². The van der Waals surface area contributed by atoms with Crippen LogP contribution in [0.15, 0.2) is 54.6 Å². The number of rotatable bonds is 10. The van der Waals surface area contributed by atoms with Gasteiger partial charge in [0.2, 0.25) is 0 Å². The molecule has 3 aromatic carbocycles. The van der Waals surface area contributed by atoms with Gasteiger partial charge in [0.15, 0.2) is 11.5 Å². The van der Waals surface area contributed by atoms with E-state index in [0.29, 0.717) is 51.8 Å². The number of carboxylic acid groups (broad SMARTS) is 1. The first-order chi connectivity index (χ1) is 15.4. The van der Waals surface area contributed by atoms with E-state index in [1.807, 2.05) is 19.1 Å². The summed E-state index contributed by atoms with van der Waals surface area (Å²) in [7, 11) is 0. The minimum absolute atomic E-state index is 0.155. The molecule has 0 atom stereocenters. The van der Waals surface area contributed by atoms with Gasteiger partial charge in [0, 0.05) is 28.7 Å². The number of carboxylic acids is 1. The third kappa shape index (κ3) is 6.30. The first kappa shape index (κ1) is 24.2. The van der Waals surface area contributed by atoms with Gasteiger partial charge in [0.25, 0.3) is 0 Å². The second-order valence-electron chi connectivity index (χ2n) is 6.93. The van der Waals surface area contributed by atoms with Crippen molar-refractivity contribution in [3.8, 4) is 11.5 Å². The molecule has 5 nitrogen and oxygen atoms in total. The van der Waals surface area contributed by atoms with Crippen LogP contribution in [0, 0.1) is 0 Å². The van der Waals surface area contributed by atoms with E-state index in [2.05, 4.69) is 5.32 Å². The SMILES string of the molecule is CCOc1cc(CNCc2ccc(C(=O)O)cc2)cc(Cl)c1OCc1c(Cl)cccc1Cl.